The molecule has 0 unspecified atom stereocenters. The van der Waals surface area contributed by atoms with Crippen LogP contribution in [0.25, 0.3) is 16.9 Å². The van der Waals surface area contributed by atoms with Crippen molar-refractivity contribution in [1.29, 1.82) is 0 Å². The number of pyridine rings is 1. The molecule has 9 nitrogen and oxygen atoms in total. The van der Waals surface area contributed by atoms with Crippen LogP contribution in [0.15, 0.2) is 60.0 Å². The first-order chi connectivity index (χ1) is 17.6. The number of nitrogens with zero attached hydrogens (tertiary/aromatic N) is 5. The molecule has 37 heavy (non-hydrogen) atoms. The molecule has 0 saturated heterocycles. The molecule has 4 aromatic rings. The third-order valence-electron chi connectivity index (χ3n) is 7.45. The van der Waals surface area contributed by atoms with E-state index < -0.39 is 11.0 Å². The highest BCUT2D eigenvalue weighted by molar-refractivity contribution is 5.77. The lowest BCUT2D eigenvalue weighted by atomic mass is 9.74. The van der Waals surface area contributed by atoms with Crippen molar-refractivity contribution in [2.45, 2.75) is 58.2 Å². The molecule has 0 radical (unpaired) electrons. The van der Waals surface area contributed by atoms with Gasteiger partial charge in [0.05, 0.1) is 17.8 Å². The van der Waals surface area contributed by atoms with Crippen molar-refractivity contribution >= 4 is 22.7 Å². The number of aliphatic hydroxyl groups is 1. The third-order valence-corrected chi connectivity index (χ3v) is 7.45. The fourth-order valence-electron chi connectivity index (χ4n) is 4.50. The fourth-order valence-corrected chi connectivity index (χ4v) is 4.50. The molecule has 0 bridgehead atoms. The number of nitrogens with one attached hydrogen (secondary N) is 2. The van der Waals surface area contributed by atoms with E-state index >= 15 is 0 Å². The van der Waals surface area contributed by atoms with Gasteiger partial charge in [-0.1, -0.05) is 32.1 Å². The van der Waals surface area contributed by atoms with E-state index in [1.165, 1.54) is 11.1 Å². The fraction of sp³-hybridized carbons (Fsp3) is 0.357. The average molecular weight is 500 g/mol. The number of benzene rings is 1. The topological polar surface area (TPSA) is 110 Å². The van der Waals surface area contributed by atoms with Gasteiger partial charge in [0.2, 0.25) is 5.95 Å². The molecule has 3 aromatic heterocycles. The maximum absolute atomic E-state index is 13.3. The first-order valence-electron chi connectivity index (χ1n) is 12.5. The van der Waals surface area contributed by atoms with Crippen LogP contribution >= 0.6 is 0 Å². The predicted octanol–water partition coefficient (Wildman–Crippen LogP) is 3.60. The molecular formula is C28H33N7O2. The van der Waals surface area contributed by atoms with Crippen LogP contribution in [-0.2, 0) is 24.9 Å². The van der Waals surface area contributed by atoms with Gasteiger partial charge < -0.3 is 15.7 Å². The van der Waals surface area contributed by atoms with Crippen molar-refractivity contribution in [1.82, 2.24) is 29.6 Å². The van der Waals surface area contributed by atoms with Crippen LogP contribution in [0.4, 0.5) is 11.6 Å². The minimum Gasteiger partial charge on any atom is -0.390 e. The second-order valence-corrected chi connectivity index (χ2v) is 10.5. The largest absolute Gasteiger partial charge is 0.390 e. The van der Waals surface area contributed by atoms with Gasteiger partial charge >= 0.3 is 0 Å². The summed E-state index contributed by atoms with van der Waals surface area (Å²) in [6, 6.07) is 11.9. The van der Waals surface area contributed by atoms with Crippen LogP contribution in [0.5, 0.6) is 0 Å². The molecule has 0 saturated carbocycles. The van der Waals surface area contributed by atoms with Crippen molar-refractivity contribution in [2.24, 2.45) is 0 Å². The monoisotopic (exact) mass is 499 g/mol. The molecule has 1 aliphatic rings. The summed E-state index contributed by atoms with van der Waals surface area (Å²) in [5.74, 6) is 0.905. The van der Waals surface area contributed by atoms with Crippen molar-refractivity contribution in [2.75, 3.05) is 11.9 Å². The Morgan fingerprint density at radius 2 is 1.97 bits per heavy atom. The van der Waals surface area contributed by atoms with E-state index in [1.807, 2.05) is 38.1 Å². The lowest BCUT2D eigenvalue weighted by molar-refractivity contribution is 0.00776. The van der Waals surface area contributed by atoms with Gasteiger partial charge in [0, 0.05) is 23.8 Å². The van der Waals surface area contributed by atoms with E-state index in [2.05, 4.69) is 34.3 Å². The van der Waals surface area contributed by atoms with Gasteiger partial charge in [0.15, 0.2) is 11.5 Å². The third kappa shape index (κ3) is 4.45. The van der Waals surface area contributed by atoms with Crippen LogP contribution in [0, 0.1) is 0 Å². The summed E-state index contributed by atoms with van der Waals surface area (Å²) in [6.45, 7) is 13.3. The van der Waals surface area contributed by atoms with E-state index in [0.29, 0.717) is 28.5 Å². The molecule has 4 heterocycles. The summed E-state index contributed by atoms with van der Waals surface area (Å²) in [6.07, 6.45) is 4.22. The minimum absolute atomic E-state index is 0.227. The molecule has 3 N–H and O–H groups in total. The number of hydrogen-bond acceptors (Lipinski definition) is 7. The summed E-state index contributed by atoms with van der Waals surface area (Å²) in [7, 11) is 0. The molecule has 0 spiro atoms. The highest BCUT2D eigenvalue weighted by atomic mass is 16.3. The molecule has 5 rings (SSSR count). The first kappa shape index (κ1) is 24.9. The molecule has 0 fully saturated rings. The van der Waals surface area contributed by atoms with Gasteiger partial charge in [-0.15, -0.1) is 6.58 Å². The highest BCUT2D eigenvalue weighted by Crippen LogP contribution is 2.34. The second-order valence-electron chi connectivity index (χ2n) is 10.5. The van der Waals surface area contributed by atoms with Crippen molar-refractivity contribution in [3.8, 4) is 5.82 Å². The van der Waals surface area contributed by atoms with E-state index in [1.54, 1.807) is 35.5 Å². The Labute approximate surface area is 215 Å². The van der Waals surface area contributed by atoms with E-state index in [4.69, 9.17) is 9.97 Å². The van der Waals surface area contributed by atoms with Crippen molar-refractivity contribution < 1.29 is 5.11 Å². The summed E-state index contributed by atoms with van der Waals surface area (Å²) < 4.78 is 3.25. The average Bonchev–Trinajstić information content (AvgIpc) is 3.14. The number of aromatic nitrogens is 5. The Hall–Kier alpha value is -3.82. The van der Waals surface area contributed by atoms with Gasteiger partial charge in [0.1, 0.15) is 5.39 Å². The zero-order valence-corrected chi connectivity index (χ0v) is 21.7. The van der Waals surface area contributed by atoms with Crippen LogP contribution in [0.2, 0.25) is 0 Å². The van der Waals surface area contributed by atoms with Crippen LogP contribution in [0.3, 0.4) is 0 Å². The minimum atomic E-state index is -1.01. The Morgan fingerprint density at radius 1 is 1.16 bits per heavy atom. The lowest BCUT2D eigenvalue weighted by Crippen LogP contribution is -2.43. The second kappa shape index (κ2) is 9.24. The SMILES string of the molecule is C=CCn1c(=O)c2cnc(Nc3ccc4c(c3)CNCC4)nc2n1-c1cccc(C(C)(C)C(C)(C)O)n1. The molecule has 0 aliphatic carbocycles. The standard InChI is InChI=1S/C28H33N7O2/c1-6-14-34-25(36)21-17-30-26(31-20-11-10-18-12-13-29-16-19(18)15-20)33-24(21)35(34)23-9-7-8-22(32-23)27(2,3)28(4,5)37/h6-11,15,17,29,37H,1,12-14,16H2,2-5H3,(H,30,31,33). The zero-order valence-electron chi connectivity index (χ0n) is 21.7. The number of fused-ring (bicyclic) bond motifs is 2. The summed E-state index contributed by atoms with van der Waals surface area (Å²) in [5.41, 5.74) is 2.74. The van der Waals surface area contributed by atoms with Gasteiger partial charge in [0.25, 0.3) is 5.56 Å². The van der Waals surface area contributed by atoms with Crippen molar-refractivity contribution in [3.05, 3.63) is 82.4 Å². The summed E-state index contributed by atoms with van der Waals surface area (Å²) in [4.78, 5) is 27.3. The van der Waals surface area contributed by atoms with E-state index in [-0.39, 0.29) is 12.1 Å². The molecule has 1 aromatic carbocycles. The van der Waals surface area contributed by atoms with Gasteiger partial charge in [-0.05, 0) is 62.2 Å². The van der Waals surface area contributed by atoms with Crippen molar-refractivity contribution in [3.63, 3.8) is 0 Å². The maximum atomic E-state index is 13.3. The molecule has 9 heteroatoms. The van der Waals surface area contributed by atoms with Crippen LogP contribution in [0.1, 0.15) is 44.5 Å². The molecule has 192 valence electrons. The summed E-state index contributed by atoms with van der Waals surface area (Å²) in [5, 5.41) is 17.9. The quantitative estimate of drug-likeness (QED) is 0.333. The number of anilines is 2. The van der Waals surface area contributed by atoms with Crippen LogP contribution in [-0.4, -0.2) is 41.6 Å². The first-order valence-corrected chi connectivity index (χ1v) is 12.5. The Bertz CT molecular complexity index is 1540. The number of rotatable bonds is 7. The van der Waals surface area contributed by atoms with E-state index in [0.717, 1.165) is 25.2 Å². The Morgan fingerprint density at radius 3 is 2.73 bits per heavy atom. The normalized spacial score (nSPS) is 14.0. The highest BCUT2D eigenvalue weighted by Gasteiger charge is 2.38. The summed E-state index contributed by atoms with van der Waals surface area (Å²) >= 11 is 0. The molecular weight excluding hydrogens is 466 g/mol. The predicted molar refractivity (Wildman–Crippen MR) is 146 cm³/mol. The van der Waals surface area contributed by atoms with Crippen LogP contribution < -0.4 is 16.2 Å². The number of hydrogen-bond donors (Lipinski definition) is 3. The number of allylic oxidation sites excluding steroid dienone is 1. The maximum Gasteiger partial charge on any atom is 0.278 e. The molecule has 1 aliphatic heterocycles. The smallest absolute Gasteiger partial charge is 0.278 e. The molecule has 0 amide bonds. The lowest BCUT2D eigenvalue weighted by Gasteiger charge is -2.36. The molecule has 0 atom stereocenters. The Kier molecular flexibility index (Phi) is 6.21. The van der Waals surface area contributed by atoms with Gasteiger partial charge in [-0.2, -0.15) is 4.98 Å². The Balaban J connectivity index is 1.62. The van der Waals surface area contributed by atoms with Gasteiger partial charge in [-0.3, -0.25) is 4.79 Å². The van der Waals surface area contributed by atoms with Gasteiger partial charge in [-0.25, -0.2) is 19.3 Å². The zero-order chi connectivity index (χ0) is 26.4. The van der Waals surface area contributed by atoms with E-state index in [9.17, 15) is 9.90 Å².